The Morgan fingerprint density at radius 1 is 1.10 bits per heavy atom. The fourth-order valence-electron chi connectivity index (χ4n) is 3.37. The number of piperidine rings is 1. The number of benzene rings is 1. The molecule has 1 atom stereocenters. The minimum absolute atomic E-state index is 0.310. The van der Waals surface area contributed by atoms with Crippen LogP contribution in [0.2, 0.25) is 0 Å². The van der Waals surface area contributed by atoms with E-state index < -0.39 is 10.0 Å². The molecule has 5 nitrogen and oxygen atoms in total. The highest BCUT2D eigenvalue weighted by atomic mass is 32.2. The molecule has 0 aliphatic carbocycles. The quantitative estimate of drug-likeness (QED) is 0.860. The molecule has 2 aliphatic rings. The van der Waals surface area contributed by atoms with Gasteiger partial charge in [0.1, 0.15) is 0 Å². The van der Waals surface area contributed by atoms with Gasteiger partial charge in [0.15, 0.2) is 0 Å². The summed E-state index contributed by atoms with van der Waals surface area (Å²) in [6, 6.07) is 6.96. The average Bonchev–Trinajstić information content (AvgIpc) is 3.02. The predicted octanol–water partition coefficient (Wildman–Crippen LogP) is 1.52. The summed E-state index contributed by atoms with van der Waals surface area (Å²) in [5.74, 6) is 0. The molecule has 3 rings (SSSR count). The average molecular weight is 309 g/mol. The lowest BCUT2D eigenvalue weighted by molar-refractivity contribution is 0.162. The fourth-order valence-corrected chi connectivity index (χ4v) is 4.94. The zero-order chi connectivity index (χ0) is 14.9. The molecule has 2 heterocycles. The number of hydrogen-bond donors (Lipinski definition) is 1. The Morgan fingerprint density at radius 2 is 1.86 bits per heavy atom. The topological polar surface area (TPSA) is 66.6 Å². The lowest BCUT2D eigenvalue weighted by Crippen LogP contribution is -2.48. The van der Waals surface area contributed by atoms with Gasteiger partial charge in [-0.3, -0.25) is 4.90 Å². The molecule has 1 aromatic carbocycles. The smallest absolute Gasteiger partial charge is 0.243 e. The van der Waals surface area contributed by atoms with Crippen molar-refractivity contribution < 1.29 is 8.42 Å². The first-order chi connectivity index (χ1) is 10.1. The molecule has 2 fully saturated rings. The minimum Gasteiger partial charge on any atom is -0.399 e. The lowest BCUT2D eigenvalue weighted by Gasteiger charge is -2.36. The molecule has 2 aliphatic heterocycles. The van der Waals surface area contributed by atoms with Gasteiger partial charge in [0.25, 0.3) is 0 Å². The van der Waals surface area contributed by atoms with E-state index in [2.05, 4.69) is 4.90 Å². The third kappa shape index (κ3) is 3.07. The van der Waals surface area contributed by atoms with E-state index in [4.69, 9.17) is 5.73 Å². The van der Waals surface area contributed by atoms with Gasteiger partial charge >= 0.3 is 0 Å². The molecular formula is C15H23N3O2S. The second kappa shape index (κ2) is 5.94. The van der Waals surface area contributed by atoms with E-state index in [1.807, 2.05) is 0 Å². The summed E-state index contributed by atoms with van der Waals surface area (Å²) in [7, 11) is -3.42. The first-order valence-electron chi connectivity index (χ1n) is 7.67. The maximum Gasteiger partial charge on any atom is 0.243 e. The van der Waals surface area contributed by atoms with Crippen LogP contribution in [0.1, 0.15) is 25.7 Å². The van der Waals surface area contributed by atoms with Crippen molar-refractivity contribution in [3.8, 4) is 0 Å². The Bertz CT molecular complexity index is 597. The van der Waals surface area contributed by atoms with Crippen LogP contribution >= 0.6 is 0 Å². The number of likely N-dealkylation sites (tertiary alicyclic amines) is 1. The molecule has 1 aromatic rings. The van der Waals surface area contributed by atoms with Crippen molar-refractivity contribution in [3.05, 3.63) is 24.3 Å². The van der Waals surface area contributed by atoms with Crippen molar-refractivity contribution >= 4 is 15.7 Å². The highest BCUT2D eigenvalue weighted by Crippen LogP contribution is 2.25. The Labute approximate surface area is 126 Å². The van der Waals surface area contributed by atoms with Crippen LogP contribution < -0.4 is 5.73 Å². The van der Waals surface area contributed by atoms with Crippen molar-refractivity contribution in [3.63, 3.8) is 0 Å². The second-order valence-corrected chi connectivity index (χ2v) is 7.91. The zero-order valence-corrected chi connectivity index (χ0v) is 13.1. The van der Waals surface area contributed by atoms with Gasteiger partial charge in [0.05, 0.1) is 4.90 Å². The van der Waals surface area contributed by atoms with Crippen LogP contribution in [0.5, 0.6) is 0 Å². The van der Waals surface area contributed by atoms with Crippen molar-refractivity contribution in [2.24, 2.45) is 0 Å². The molecule has 2 N–H and O–H groups in total. The Hall–Kier alpha value is -1.11. The molecule has 0 radical (unpaired) electrons. The number of nitrogen functional groups attached to an aromatic ring is 1. The summed E-state index contributed by atoms with van der Waals surface area (Å²) < 4.78 is 27.1. The number of rotatable bonds is 3. The van der Waals surface area contributed by atoms with Gasteiger partial charge in [0, 0.05) is 24.8 Å². The number of nitrogens with zero attached hydrogens (tertiary/aromatic N) is 2. The van der Waals surface area contributed by atoms with E-state index in [1.165, 1.54) is 12.8 Å². The molecular weight excluding hydrogens is 286 g/mol. The minimum atomic E-state index is -3.42. The SMILES string of the molecule is Nc1cccc(S(=O)(=O)N2CCCC(N3CCCC3)C2)c1. The van der Waals surface area contributed by atoms with Crippen molar-refractivity contribution in [2.75, 3.05) is 31.9 Å². The molecule has 1 unspecified atom stereocenters. The fraction of sp³-hybridized carbons (Fsp3) is 0.600. The van der Waals surface area contributed by atoms with Crippen LogP contribution in [-0.2, 0) is 10.0 Å². The van der Waals surface area contributed by atoms with Gasteiger partial charge in [-0.05, 0) is 57.0 Å². The van der Waals surface area contributed by atoms with Crippen LogP contribution in [0, 0.1) is 0 Å². The number of sulfonamides is 1. The summed E-state index contributed by atoms with van der Waals surface area (Å²) in [6.45, 7) is 3.44. The third-order valence-corrected chi connectivity index (χ3v) is 6.37. The maximum absolute atomic E-state index is 12.8. The van der Waals surface area contributed by atoms with Gasteiger partial charge < -0.3 is 5.73 Å². The normalized spacial score (nSPS) is 25.2. The second-order valence-electron chi connectivity index (χ2n) is 5.97. The van der Waals surface area contributed by atoms with E-state index in [0.29, 0.717) is 29.7 Å². The van der Waals surface area contributed by atoms with Crippen molar-refractivity contribution in [1.29, 1.82) is 0 Å². The third-order valence-electron chi connectivity index (χ3n) is 4.51. The van der Waals surface area contributed by atoms with E-state index in [0.717, 1.165) is 25.9 Å². The number of nitrogens with two attached hydrogens (primary N) is 1. The maximum atomic E-state index is 12.8. The van der Waals surface area contributed by atoms with Gasteiger partial charge in [-0.15, -0.1) is 0 Å². The summed E-state index contributed by atoms with van der Waals surface area (Å²) in [5, 5.41) is 0. The number of hydrogen-bond acceptors (Lipinski definition) is 4. The van der Waals surface area contributed by atoms with E-state index in [-0.39, 0.29) is 0 Å². The van der Waals surface area contributed by atoms with Crippen LogP contribution in [-0.4, -0.2) is 49.8 Å². The van der Waals surface area contributed by atoms with Crippen LogP contribution in [0.25, 0.3) is 0 Å². The monoisotopic (exact) mass is 309 g/mol. The molecule has 6 heteroatoms. The molecule has 0 bridgehead atoms. The van der Waals surface area contributed by atoms with E-state index in [9.17, 15) is 8.42 Å². The summed E-state index contributed by atoms with van der Waals surface area (Å²) in [5.41, 5.74) is 6.21. The largest absolute Gasteiger partial charge is 0.399 e. The summed E-state index contributed by atoms with van der Waals surface area (Å²) in [4.78, 5) is 2.76. The molecule has 0 amide bonds. The van der Waals surface area contributed by atoms with Gasteiger partial charge in [-0.25, -0.2) is 8.42 Å². The van der Waals surface area contributed by atoms with E-state index in [1.54, 1.807) is 28.6 Å². The summed E-state index contributed by atoms with van der Waals surface area (Å²) in [6.07, 6.45) is 4.50. The highest BCUT2D eigenvalue weighted by Gasteiger charge is 2.33. The standard InChI is InChI=1S/C15H23N3O2S/c16-13-5-3-7-15(11-13)21(19,20)18-10-4-6-14(12-18)17-8-1-2-9-17/h3,5,7,11,14H,1-2,4,6,8-10,12,16H2. The van der Waals surface area contributed by atoms with Crippen LogP contribution in [0.3, 0.4) is 0 Å². The summed E-state index contributed by atoms with van der Waals surface area (Å²) >= 11 is 0. The molecule has 0 aromatic heterocycles. The zero-order valence-electron chi connectivity index (χ0n) is 12.2. The first-order valence-corrected chi connectivity index (χ1v) is 9.11. The number of anilines is 1. The molecule has 2 saturated heterocycles. The lowest BCUT2D eigenvalue weighted by atomic mass is 10.1. The van der Waals surface area contributed by atoms with Crippen LogP contribution in [0.4, 0.5) is 5.69 Å². The van der Waals surface area contributed by atoms with Gasteiger partial charge in [-0.1, -0.05) is 6.07 Å². The van der Waals surface area contributed by atoms with E-state index >= 15 is 0 Å². The molecule has 0 saturated carbocycles. The molecule has 0 spiro atoms. The highest BCUT2D eigenvalue weighted by molar-refractivity contribution is 7.89. The van der Waals surface area contributed by atoms with Crippen molar-refractivity contribution in [1.82, 2.24) is 9.21 Å². The van der Waals surface area contributed by atoms with Gasteiger partial charge in [0.2, 0.25) is 10.0 Å². The Morgan fingerprint density at radius 3 is 2.57 bits per heavy atom. The molecule has 116 valence electrons. The Balaban J connectivity index is 1.78. The van der Waals surface area contributed by atoms with Crippen molar-refractivity contribution in [2.45, 2.75) is 36.6 Å². The Kier molecular flexibility index (Phi) is 4.19. The van der Waals surface area contributed by atoms with Gasteiger partial charge in [-0.2, -0.15) is 4.31 Å². The van der Waals surface area contributed by atoms with Crippen LogP contribution in [0.15, 0.2) is 29.2 Å². The predicted molar refractivity (Wildman–Crippen MR) is 83.4 cm³/mol. The first kappa shape index (κ1) is 14.8. The molecule has 21 heavy (non-hydrogen) atoms.